The van der Waals surface area contributed by atoms with Crippen molar-refractivity contribution in [1.29, 1.82) is 0 Å². The summed E-state index contributed by atoms with van der Waals surface area (Å²) in [5.74, 6) is 0.827. The Morgan fingerprint density at radius 3 is 2.50 bits per heavy atom. The van der Waals surface area contributed by atoms with Crippen LogP contribution in [0.3, 0.4) is 0 Å². The summed E-state index contributed by atoms with van der Waals surface area (Å²) in [6.07, 6.45) is 2.23. The van der Waals surface area contributed by atoms with Gasteiger partial charge in [0.05, 0.1) is 6.54 Å². The molecule has 0 unspecified atom stereocenters. The second-order valence-corrected chi connectivity index (χ2v) is 6.42. The van der Waals surface area contributed by atoms with Gasteiger partial charge >= 0.3 is 0 Å². The lowest BCUT2D eigenvalue weighted by molar-refractivity contribution is -0.118. The van der Waals surface area contributed by atoms with Crippen molar-refractivity contribution in [3.05, 3.63) is 35.9 Å². The minimum atomic E-state index is -0.0149. The molecule has 0 saturated carbocycles. The van der Waals surface area contributed by atoms with E-state index in [1.807, 2.05) is 0 Å². The molecular formula is C19H32IN5O. The lowest BCUT2D eigenvalue weighted by Gasteiger charge is -2.33. The Labute approximate surface area is 174 Å². The number of piperidine rings is 1. The molecule has 1 fully saturated rings. The first-order valence-electron chi connectivity index (χ1n) is 9.23. The van der Waals surface area contributed by atoms with Gasteiger partial charge in [0.15, 0.2) is 5.96 Å². The molecule has 0 radical (unpaired) electrons. The molecule has 1 aliphatic rings. The number of nitrogens with zero attached hydrogens (tertiary/aromatic N) is 2. The van der Waals surface area contributed by atoms with Gasteiger partial charge in [-0.2, -0.15) is 0 Å². The number of rotatable bonds is 7. The Bertz CT molecular complexity index is 544. The number of carbonyl (C=O) groups excluding carboxylic acids is 1. The van der Waals surface area contributed by atoms with E-state index in [9.17, 15) is 4.79 Å². The van der Waals surface area contributed by atoms with Gasteiger partial charge in [0.2, 0.25) is 5.91 Å². The molecule has 1 amide bonds. The van der Waals surface area contributed by atoms with Crippen molar-refractivity contribution in [3.63, 3.8) is 0 Å². The lowest BCUT2D eigenvalue weighted by Crippen LogP contribution is -2.48. The van der Waals surface area contributed by atoms with Crippen LogP contribution in [0, 0.1) is 0 Å². The normalized spacial score (nSPS) is 15.8. The van der Waals surface area contributed by atoms with E-state index in [0.717, 1.165) is 45.0 Å². The molecule has 26 heavy (non-hydrogen) atoms. The Morgan fingerprint density at radius 2 is 1.88 bits per heavy atom. The summed E-state index contributed by atoms with van der Waals surface area (Å²) in [7, 11) is 0. The van der Waals surface area contributed by atoms with Crippen LogP contribution in [0.2, 0.25) is 0 Å². The minimum absolute atomic E-state index is 0. The topological polar surface area (TPSA) is 68.8 Å². The second kappa shape index (κ2) is 12.9. The van der Waals surface area contributed by atoms with Gasteiger partial charge in [-0.3, -0.25) is 14.7 Å². The third-order valence-electron chi connectivity index (χ3n) is 4.28. The van der Waals surface area contributed by atoms with Crippen LogP contribution in [0.1, 0.15) is 32.3 Å². The van der Waals surface area contributed by atoms with E-state index >= 15 is 0 Å². The van der Waals surface area contributed by atoms with Crippen molar-refractivity contribution in [2.45, 2.75) is 39.3 Å². The second-order valence-electron chi connectivity index (χ2n) is 6.42. The molecule has 6 nitrogen and oxygen atoms in total. The monoisotopic (exact) mass is 473 g/mol. The van der Waals surface area contributed by atoms with Gasteiger partial charge in [0.25, 0.3) is 0 Å². The molecular weight excluding hydrogens is 441 g/mol. The van der Waals surface area contributed by atoms with Gasteiger partial charge in [-0.25, -0.2) is 0 Å². The number of hydrogen-bond acceptors (Lipinski definition) is 3. The molecule has 146 valence electrons. The Balaban J connectivity index is 0.00000338. The van der Waals surface area contributed by atoms with Crippen molar-refractivity contribution < 1.29 is 4.79 Å². The summed E-state index contributed by atoms with van der Waals surface area (Å²) in [5, 5.41) is 9.58. The average molecular weight is 473 g/mol. The zero-order valence-corrected chi connectivity index (χ0v) is 18.2. The molecule has 7 heteroatoms. The van der Waals surface area contributed by atoms with Crippen LogP contribution in [0.5, 0.6) is 0 Å². The summed E-state index contributed by atoms with van der Waals surface area (Å²) in [4.78, 5) is 17.9. The Hall–Kier alpha value is -1.35. The first-order chi connectivity index (χ1) is 12.2. The van der Waals surface area contributed by atoms with Crippen LogP contribution in [0.15, 0.2) is 35.3 Å². The van der Waals surface area contributed by atoms with E-state index in [2.05, 4.69) is 63.1 Å². The highest BCUT2D eigenvalue weighted by Crippen LogP contribution is 2.13. The number of amides is 1. The maximum absolute atomic E-state index is 10.9. The van der Waals surface area contributed by atoms with Gasteiger partial charge in [-0.05, 0) is 25.3 Å². The third-order valence-corrected chi connectivity index (χ3v) is 4.28. The fourth-order valence-electron chi connectivity index (χ4n) is 2.99. The molecule has 0 aliphatic carbocycles. The first-order valence-corrected chi connectivity index (χ1v) is 9.23. The maximum atomic E-state index is 10.9. The van der Waals surface area contributed by atoms with Crippen molar-refractivity contribution >= 4 is 35.8 Å². The molecule has 1 aliphatic heterocycles. The number of benzene rings is 1. The number of likely N-dealkylation sites (tertiary alicyclic amines) is 1. The fraction of sp³-hybridized carbons (Fsp3) is 0.579. The Morgan fingerprint density at radius 1 is 1.19 bits per heavy atom. The lowest BCUT2D eigenvalue weighted by atomic mass is 10.0. The summed E-state index contributed by atoms with van der Waals surface area (Å²) < 4.78 is 0. The summed E-state index contributed by atoms with van der Waals surface area (Å²) >= 11 is 0. The number of halogens is 1. The van der Waals surface area contributed by atoms with Crippen LogP contribution in [-0.4, -0.2) is 55.5 Å². The molecule has 0 aromatic heterocycles. The number of hydrogen-bond donors (Lipinski definition) is 3. The van der Waals surface area contributed by atoms with E-state index in [1.54, 1.807) is 0 Å². The molecule has 0 spiro atoms. The number of aliphatic imine (C=N–C) groups is 1. The third kappa shape index (κ3) is 8.84. The molecule has 3 N–H and O–H groups in total. The quantitative estimate of drug-likeness (QED) is 0.245. The van der Waals surface area contributed by atoms with E-state index in [1.165, 1.54) is 12.5 Å². The van der Waals surface area contributed by atoms with Gasteiger partial charge in [-0.1, -0.05) is 30.3 Å². The molecule has 1 heterocycles. The van der Waals surface area contributed by atoms with Crippen LogP contribution in [-0.2, 0) is 11.3 Å². The zero-order chi connectivity index (χ0) is 17.9. The van der Waals surface area contributed by atoms with Crippen LogP contribution < -0.4 is 16.0 Å². The Kier molecular flexibility index (Phi) is 11.3. The summed E-state index contributed by atoms with van der Waals surface area (Å²) in [6, 6.07) is 11.1. The molecule has 0 atom stereocenters. The molecule has 1 aromatic rings. The SMILES string of the molecule is CCNC(=NCCNC(C)=O)NC1CCN(Cc2ccccc2)CC1.I. The smallest absolute Gasteiger partial charge is 0.216 e. The van der Waals surface area contributed by atoms with Crippen LogP contribution in [0.4, 0.5) is 0 Å². The largest absolute Gasteiger partial charge is 0.357 e. The predicted octanol–water partition coefficient (Wildman–Crippen LogP) is 1.96. The standard InChI is InChI=1S/C19H31N5O.HI/c1-3-20-19(22-12-11-21-16(2)25)23-18-9-13-24(14-10-18)15-17-7-5-4-6-8-17;/h4-8,18H,3,9-15H2,1-2H3,(H,21,25)(H2,20,22,23);1H. The fourth-order valence-corrected chi connectivity index (χ4v) is 2.99. The van der Waals surface area contributed by atoms with Gasteiger partial charge in [0.1, 0.15) is 0 Å². The molecule has 2 rings (SSSR count). The molecule has 0 bridgehead atoms. The maximum Gasteiger partial charge on any atom is 0.216 e. The highest BCUT2D eigenvalue weighted by molar-refractivity contribution is 14.0. The van der Waals surface area contributed by atoms with E-state index in [0.29, 0.717) is 19.1 Å². The number of nitrogens with one attached hydrogen (secondary N) is 3. The predicted molar refractivity (Wildman–Crippen MR) is 118 cm³/mol. The average Bonchev–Trinajstić information content (AvgIpc) is 2.61. The van der Waals surface area contributed by atoms with Crippen LogP contribution in [0.25, 0.3) is 0 Å². The van der Waals surface area contributed by atoms with E-state index in [-0.39, 0.29) is 29.9 Å². The van der Waals surface area contributed by atoms with E-state index < -0.39 is 0 Å². The highest BCUT2D eigenvalue weighted by atomic mass is 127. The number of guanidine groups is 1. The molecule has 1 aromatic carbocycles. The van der Waals surface area contributed by atoms with Gasteiger partial charge < -0.3 is 16.0 Å². The summed E-state index contributed by atoms with van der Waals surface area (Å²) in [5.41, 5.74) is 1.38. The van der Waals surface area contributed by atoms with Crippen molar-refractivity contribution in [2.75, 3.05) is 32.7 Å². The van der Waals surface area contributed by atoms with Crippen molar-refractivity contribution in [3.8, 4) is 0 Å². The van der Waals surface area contributed by atoms with Gasteiger partial charge in [0, 0.05) is 45.7 Å². The zero-order valence-electron chi connectivity index (χ0n) is 15.8. The first kappa shape index (κ1) is 22.7. The van der Waals surface area contributed by atoms with Crippen molar-refractivity contribution in [1.82, 2.24) is 20.9 Å². The van der Waals surface area contributed by atoms with Crippen molar-refractivity contribution in [2.24, 2.45) is 4.99 Å². The molecule has 1 saturated heterocycles. The van der Waals surface area contributed by atoms with E-state index in [4.69, 9.17) is 0 Å². The van der Waals surface area contributed by atoms with Gasteiger partial charge in [-0.15, -0.1) is 24.0 Å². The van der Waals surface area contributed by atoms with Crippen LogP contribution >= 0.6 is 24.0 Å². The number of carbonyl (C=O) groups is 1. The minimum Gasteiger partial charge on any atom is -0.357 e. The summed E-state index contributed by atoms with van der Waals surface area (Å²) in [6.45, 7) is 8.79. The highest BCUT2D eigenvalue weighted by Gasteiger charge is 2.19.